The molecule has 4 heterocycles. The van der Waals surface area contributed by atoms with Crippen molar-refractivity contribution in [2.75, 3.05) is 18.4 Å². The minimum absolute atomic E-state index is 0.00448. The predicted octanol–water partition coefficient (Wildman–Crippen LogP) is 3.33. The number of piperidine rings is 1. The lowest BCUT2D eigenvalue weighted by Gasteiger charge is -2.46. The maximum atomic E-state index is 13.0. The number of oxazole rings is 1. The number of benzene rings is 2. The molecule has 1 saturated heterocycles. The maximum absolute atomic E-state index is 13.0. The van der Waals surface area contributed by atoms with Crippen molar-refractivity contribution >= 4 is 22.7 Å². The fraction of sp³-hybridized carbons (Fsp3) is 0.250. The van der Waals surface area contributed by atoms with Crippen LogP contribution in [0.3, 0.4) is 0 Å². The number of nitrogens with one attached hydrogen (secondary N) is 1. The van der Waals surface area contributed by atoms with E-state index in [1.807, 2.05) is 29.2 Å². The van der Waals surface area contributed by atoms with Crippen LogP contribution in [0, 0.1) is 0 Å². The molecule has 1 amide bonds. The number of rotatable bonds is 2. The van der Waals surface area contributed by atoms with Crippen molar-refractivity contribution in [1.82, 2.24) is 14.0 Å². The van der Waals surface area contributed by atoms with Crippen LogP contribution >= 0.6 is 0 Å². The maximum Gasteiger partial charge on any atom is 0.420 e. The number of hydrogen-bond donors (Lipinski definition) is 1. The van der Waals surface area contributed by atoms with Gasteiger partial charge in [-0.1, -0.05) is 24.3 Å². The van der Waals surface area contributed by atoms with Crippen molar-refractivity contribution in [3.05, 3.63) is 83.1 Å². The molecule has 2 aliphatic heterocycles. The van der Waals surface area contributed by atoms with E-state index in [0.717, 1.165) is 24.2 Å². The Bertz CT molecular complexity index is 1350. The average Bonchev–Trinajstić information content (AvgIpc) is 3.41. The minimum Gasteiger partial charge on any atom is -0.408 e. The summed E-state index contributed by atoms with van der Waals surface area (Å²) in [5.41, 5.74) is 4.45. The highest BCUT2D eigenvalue weighted by Gasteiger charge is 2.42. The summed E-state index contributed by atoms with van der Waals surface area (Å²) in [4.78, 5) is 27.1. The zero-order valence-corrected chi connectivity index (χ0v) is 17.0. The molecule has 1 N–H and O–H groups in total. The number of amides is 1. The van der Waals surface area contributed by atoms with Gasteiger partial charge in [-0.15, -0.1) is 0 Å². The molecule has 1 fully saturated rings. The van der Waals surface area contributed by atoms with Gasteiger partial charge in [0.2, 0.25) is 5.91 Å². The number of nitrogens with zero attached hydrogens (tertiary/aromatic N) is 3. The Hall–Kier alpha value is -3.74. The van der Waals surface area contributed by atoms with E-state index in [1.165, 1.54) is 10.3 Å². The van der Waals surface area contributed by atoms with Crippen molar-refractivity contribution in [2.24, 2.45) is 0 Å². The van der Waals surface area contributed by atoms with Crippen molar-refractivity contribution < 1.29 is 9.21 Å². The number of fused-ring (bicyclic) bond motifs is 5. The second-order valence-electron chi connectivity index (χ2n) is 8.29. The first-order chi connectivity index (χ1) is 15.1. The lowest BCUT2D eigenvalue weighted by atomic mass is 9.82. The molecule has 0 saturated carbocycles. The Balaban J connectivity index is 1.23. The van der Waals surface area contributed by atoms with E-state index >= 15 is 0 Å². The zero-order valence-electron chi connectivity index (χ0n) is 17.0. The summed E-state index contributed by atoms with van der Waals surface area (Å²) in [5.74, 6) is -0.554. The van der Waals surface area contributed by atoms with Gasteiger partial charge in [0, 0.05) is 25.0 Å². The first-order valence-corrected chi connectivity index (χ1v) is 10.6. The van der Waals surface area contributed by atoms with E-state index in [1.54, 1.807) is 12.1 Å². The smallest absolute Gasteiger partial charge is 0.408 e. The number of para-hydroxylation sites is 4. The molecular weight excluding hydrogens is 392 g/mol. The summed E-state index contributed by atoms with van der Waals surface area (Å²) in [7, 11) is 0. The van der Waals surface area contributed by atoms with Crippen LogP contribution in [-0.4, -0.2) is 33.0 Å². The predicted molar refractivity (Wildman–Crippen MR) is 117 cm³/mol. The third kappa shape index (κ3) is 2.73. The second kappa shape index (κ2) is 6.63. The van der Waals surface area contributed by atoms with E-state index in [-0.39, 0.29) is 18.0 Å². The van der Waals surface area contributed by atoms with Gasteiger partial charge >= 0.3 is 5.76 Å². The topological polar surface area (TPSA) is 72.4 Å². The van der Waals surface area contributed by atoms with Gasteiger partial charge in [-0.25, -0.2) is 4.79 Å². The quantitative estimate of drug-likeness (QED) is 0.546. The van der Waals surface area contributed by atoms with Gasteiger partial charge in [0.15, 0.2) is 5.58 Å². The van der Waals surface area contributed by atoms with E-state index in [9.17, 15) is 9.59 Å². The highest BCUT2D eigenvalue weighted by Crippen LogP contribution is 2.43. The Kier molecular flexibility index (Phi) is 3.86. The van der Waals surface area contributed by atoms with E-state index < -0.39 is 5.76 Å². The molecule has 2 aliphatic rings. The summed E-state index contributed by atoms with van der Waals surface area (Å²) in [6.45, 7) is 1.25. The Morgan fingerprint density at radius 3 is 2.65 bits per heavy atom. The van der Waals surface area contributed by atoms with Gasteiger partial charge in [0.25, 0.3) is 0 Å². The molecule has 7 nitrogen and oxygen atoms in total. The van der Waals surface area contributed by atoms with E-state index in [2.05, 4.69) is 40.3 Å². The molecule has 0 unspecified atom stereocenters. The van der Waals surface area contributed by atoms with Crippen LogP contribution in [0.25, 0.3) is 16.8 Å². The standard InChI is InChI=1S/C24H22N4O3/c29-22(16-28-19-8-3-4-9-20(19)31-23(28)30)26-14-11-24(12-15-26)21-10-5-13-27(21)18-7-2-1-6-17(18)25-24/h1-10,13,25H,11-12,14-16H2. The molecule has 0 atom stereocenters. The number of anilines is 1. The third-order valence-corrected chi connectivity index (χ3v) is 6.61. The molecule has 156 valence electrons. The zero-order chi connectivity index (χ0) is 21.0. The van der Waals surface area contributed by atoms with Crippen molar-refractivity contribution in [2.45, 2.75) is 24.9 Å². The summed E-state index contributed by atoms with van der Waals surface area (Å²) < 4.78 is 8.93. The summed E-state index contributed by atoms with van der Waals surface area (Å²) in [5, 5.41) is 3.76. The normalized spacial score (nSPS) is 16.7. The van der Waals surface area contributed by atoms with Crippen molar-refractivity contribution in [3.8, 4) is 5.69 Å². The van der Waals surface area contributed by atoms with Gasteiger partial charge in [-0.3, -0.25) is 9.36 Å². The summed E-state index contributed by atoms with van der Waals surface area (Å²) in [6, 6.07) is 19.7. The minimum atomic E-state index is -0.494. The van der Waals surface area contributed by atoms with Crippen LogP contribution in [0.2, 0.25) is 0 Å². The number of carbonyl (C=O) groups excluding carboxylic acids is 1. The molecule has 4 aromatic rings. The molecule has 0 aliphatic carbocycles. The van der Waals surface area contributed by atoms with Crippen LogP contribution in [0.15, 0.2) is 76.1 Å². The monoisotopic (exact) mass is 414 g/mol. The average molecular weight is 414 g/mol. The van der Waals surface area contributed by atoms with E-state index in [0.29, 0.717) is 24.2 Å². The molecule has 0 bridgehead atoms. The number of likely N-dealkylation sites (tertiary alicyclic amines) is 1. The Labute approximate surface area is 178 Å². The highest BCUT2D eigenvalue weighted by molar-refractivity contribution is 5.80. The molecule has 0 radical (unpaired) electrons. The van der Waals surface area contributed by atoms with Crippen LogP contribution in [0.1, 0.15) is 18.5 Å². The second-order valence-corrected chi connectivity index (χ2v) is 8.29. The SMILES string of the molecule is O=C(Cn1c(=O)oc2ccccc21)N1CCC2(CC1)Nc1ccccc1-n1cccc12. The third-order valence-electron chi connectivity index (χ3n) is 6.61. The molecule has 1 spiro atoms. The van der Waals surface area contributed by atoms with Gasteiger partial charge in [-0.2, -0.15) is 0 Å². The molecule has 7 heteroatoms. The molecule has 6 rings (SSSR count). The Morgan fingerprint density at radius 1 is 1.00 bits per heavy atom. The van der Waals surface area contributed by atoms with Crippen LogP contribution in [0.5, 0.6) is 0 Å². The van der Waals surface area contributed by atoms with Crippen molar-refractivity contribution in [3.63, 3.8) is 0 Å². The lowest BCUT2D eigenvalue weighted by molar-refractivity contribution is -0.133. The van der Waals surface area contributed by atoms with Gasteiger partial charge < -0.3 is 19.2 Å². The number of carbonyl (C=O) groups is 1. The fourth-order valence-corrected chi connectivity index (χ4v) is 5.01. The van der Waals surface area contributed by atoms with Gasteiger partial charge in [-0.05, 0) is 49.2 Å². The first-order valence-electron chi connectivity index (χ1n) is 10.6. The first kappa shape index (κ1) is 18.1. The largest absolute Gasteiger partial charge is 0.420 e. The molecular formula is C24H22N4O3. The van der Waals surface area contributed by atoms with Crippen LogP contribution in [-0.2, 0) is 16.9 Å². The number of hydrogen-bond acceptors (Lipinski definition) is 4. The fourth-order valence-electron chi connectivity index (χ4n) is 5.01. The van der Waals surface area contributed by atoms with E-state index in [4.69, 9.17) is 4.42 Å². The molecule has 2 aromatic carbocycles. The molecule has 31 heavy (non-hydrogen) atoms. The Morgan fingerprint density at radius 2 is 1.77 bits per heavy atom. The summed E-state index contributed by atoms with van der Waals surface area (Å²) in [6.07, 6.45) is 3.71. The summed E-state index contributed by atoms with van der Waals surface area (Å²) >= 11 is 0. The molecule has 2 aromatic heterocycles. The van der Waals surface area contributed by atoms with Gasteiger partial charge in [0.1, 0.15) is 6.54 Å². The lowest BCUT2D eigenvalue weighted by Crippen LogP contribution is -2.51. The van der Waals surface area contributed by atoms with Crippen LogP contribution in [0.4, 0.5) is 5.69 Å². The van der Waals surface area contributed by atoms with Crippen molar-refractivity contribution in [1.29, 1.82) is 0 Å². The van der Waals surface area contributed by atoms with Gasteiger partial charge in [0.05, 0.1) is 22.4 Å². The number of aromatic nitrogens is 2. The highest BCUT2D eigenvalue weighted by atomic mass is 16.4. The van der Waals surface area contributed by atoms with Crippen LogP contribution < -0.4 is 11.1 Å².